The van der Waals surface area contributed by atoms with Crippen molar-refractivity contribution in [3.8, 4) is 0 Å². The smallest absolute Gasteiger partial charge is 0.311 e. The zero-order chi connectivity index (χ0) is 14.7. The number of nitrogens with zero attached hydrogens (tertiary/aromatic N) is 1. The molecule has 0 spiro atoms. The Hall–Kier alpha value is -1.10. The minimum Gasteiger partial charge on any atom is -0.481 e. The summed E-state index contributed by atoms with van der Waals surface area (Å²) in [7, 11) is 0. The normalized spacial score (nSPS) is 23.7. The summed E-state index contributed by atoms with van der Waals surface area (Å²) in [6.07, 6.45) is 3.11. The zero-order valence-electron chi connectivity index (χ0n) is 12.2. The van der Waals surface area contributed by atoms with E-state index in [2.05, 4.69) is 0 Å². The number of carboxylic acid groups (broad SMARTS) is 1. The van der Waals surface area contributed by atoms with E-state index >= 15 is 0 Å². The molecule has 1 heterocycles. The van der Waals surface area contributed by atoms with Gasteiger partial charge in [0.25, 0.3) is 0 Å². The molecule has 3 N–H and O–H groups in total. The van der Waals surface area contributed by atoms with E-state index in [0.717, 1.165) is 6.42 Å². The van der Waals surface area contributed by atoms with Gasteiger partial charge < -0.3 is 15.7 Å². The van der Waals surface area contributed by atoms with Crippen LogP contribution in [0.4, 0.5) is 0 Å². The fourth-order valence-electron chi connectivity index (χ4n) is 2.88. The van der Waals surface area contributed by atoms with E-state index in [9.17, 15) is 14.7 Å². The number of carboxylic acids is 1. The molecule has 110 valence electrons. The first kappa shape index (κ1) is 16.0. The van der Waals surface area contributed by atoms with Gasteiger partial charge in [-0.15, -0.1) is 0 Å². The number of carbonyl (C=O) groups is 2. The molecule has 1 aliphatic rings. The highest BCUT2D eigenvalue weighted by molar-refractivity contribution is 5.87. The number of rotatable bonds is 6. The van der Waals surface area contributed by atoms with Crippen LogP contribution in [0.3, 0.4) is 0 Å². The third-order valence-electron chi connectivity index (χ3n) is 4.51. The predicted molar refractivity (Wildman–Crippen MR) is 73.7 cm³/mol. The van der Waals surface area contributed by atoms with Crippen LogP contribution in [0, 0.1) is 5.41 Å². The van der Waals surface area contributed by atoms with Crippen molar-refractivity contribution in [2.24, 2.45) is 11.1 Å². The van der Waals surface area contributed by atoms with Crippen LogP contribution in [-0.4, -0.2) is 40.5 Å². The molecule has 1 saturated heterocycles. The summed E-state index contributed by atoms with van der Waals surface area (Å²) in [5, 5.41) is 9.44. The lowest BCUT2D eigenvalue weighted by atomic mass is 9.82. The molecule has 1 rings (SSSR count). The number of likely N-dealkylation sites (tertiary alicyclic amines) is 1. The first-order valence-electron chi connectivity index (χ1n) is 7.17. The van der Waals surface area contributed by atoms with Gasteiger partial charge in [0.05, 0.1) is 11.0 Å². The minimum absolute atomic E-state index is 0.100. The molecule has 0 aromatic carbocycles. The van der Waals surface area contributed by atoms with Gasteiger partial charge in [-0.25, -0.2) is 0 Å². The number of hydrogen-bond acceptors (Lipinski definition) is 3. The Balaban J connectivity index is 2.85. The average molecular weight is 270 g/mol. The van der Waals surface area contributed by atoms with Gasteiger partial charge in [0, 0.05) is 13.1 Å². The Morgan fingerprint density at radius 1 is 1.32 bits per heavy atom. The minimum atomic E-state index is -0.846. The highest BCUT2D eigenvalue weighted by Crippen LogP contribution is 2.36. The van der Waals surface area contributed by atoms with Gasteiger partial charge in [0.15, 0.2) is 0 Å². The zero-order valence-corrected chi connectivity index (χ0v) is 12.2. The Bertz CT molecular complexity index is 353. The summed E-state index contributed by atoms with van der Waals surface area (Å²) in [5.41, 5.74) is 4.50. The number of hydrogen-bond donors (Lipinski definition) is 2. The standard InChI is InChI=1S/C14H26N2O3/c1-4-7-13(12(18)19)8-9-16(10-13)11(17)14(15,5-2)6-3/h4-10,15H2,1-3H3,(H,18,19). The average Bonchev–Trinajstić information content (AvgIpc) is 2.83. The third kappa shape index (κ3) is 2.91. The lowest BCUT2D eigenvalue weighted by molar-refractivity contribution is -0.149. The number of carbonyl (C=O) groups excluding carboxylic acids is 1. The van der Waals surface area contributed by atoms with Gasteiger partial charge in [-0.1, -0.05) is 27.2 Å². The molecular formula is C14H26N2O3. The molecule has 19 heavy (non-hydrogen) atoms. The van der Waals surface area contributed by atoms with Crippen LogP contribution in [0.25, 0.3) is 0 Å². The fourth-order valence-corrected chi connectivity index (χ4v) is 2.88. The second kappa shape index (κ2) is 5.90. The largest absolute Gasteiger partial charge is 0.481 e. The van der Waals surface area contributed by atoms with Crippen LogP contribution < -0.4 is 5.73 Å². The monoisotopic (exact) mass is 270 g/mol. The molecule has 5 nitrogen and oxygen atoms in total. The van der Waals surface area contributed by atoms with Crippen molar-refractivity contribution in [1.82, 2.24) is 4.90 Å². The first-order chi connectivity index (χ1) is 8.85. The Kier molecular flexibility index (Phi) is 4.96. The van der Waals surface area contributed by atoms with E-state index in [0.29, 0.717) is 38.8 Å². The number of nitrogens with two attached hydrogens (primary N) is 1. The maximum absolute atomic E-state index is 12.5. The van der Waals surface area contributed by atoms with Gasteiger partial charge in [-0.05, 0) is 25.7 Å². The van der Waals surface area contributed by atoms with Crippen molar-refractivity contribution in [3.63, 3.8) is 0 Å². The summed E-state index contributed by atoms with van der Waals surface area (Å²) in [6, 6.07) is 0. The molecule has 1 unspecified atom stereocenters. The summed E-state index contributed by atoms with van der Waals surface area (Å²) in [6.45, 7) is 6.57. The summed E-state index contributed by atoms with van der Waals surface area (Å²) in [4.78, 5) is 25.6. The molecule has 1 aliphatic heterocycles. The maximum Gasteiger partial charge on any atom is 0.311 e. The summed E-state index contributed by atoms with van der Waals surface area (Å²) in [5.74, 6) is -0.892. The van der Waals surface area contributed by atoms with E-state index in [4.69, 9.17) is 5.73 Å². The van der Waals surface area contributed by atoms with Crippen LogP contribution in [-0.2, 0) is 9.59 Å². The highest BCUT2D eigenvalue weighted by Gasteiger charge is 2.47. The predicted octanol–water partition coefficient (Wildman–Crippen LogP) is 1.61. The van der Waals surface area contributed by atoms with Gasteiger partial charge in [-0.2, -0.15) is 0 Å². The SMILES string of the molecule is CCCC1(C(=O)O)CCN(C(=O)C(N)(CC)CC)C1. The molecule has 0 aliphatic carbocycles. The van der Waals surface area contributed by atoms with Crippen molar-refractivity contribution in [3.05, 3.63) is 0 Å². The summed E-state index contributed by atoms with van der Waals surface area (Å²) >= 11 is 0. The van der Waals surface area contributed by atoms with Gasteiger partial charge >= 0.3 is 5.97 Å². The van der Waals surface area contributed by atoms with Crippen molar-refractivity contribution in [1.29, 1.82) is 0 Å². The van der Waals surface area contributed by atoms with Gasteiger partial charge in [0.1, 0.15) is 0 Å². The molecular weight excluding hydrogens is 244 g/mol. The molecule has 1 atom stereocenters. The first-order valence-corrected chi connectivity index (χ1v) is 7.17. The molecule has 0 radical (unpaired) electrons. The Labute approximate surface area is 115 Å². The molecule has 0 bridgehead atoms. The maximum atomic E-state index is 12.5. The molecule has 5 heteroatoms. The molecule has 0 aromatic heterocycles. The second-order valence-electron chi connectivity index (χ2n) is 5.68. The quantitative estimate of drug-likeness (QED) is 0.768. The van der Waals surface area contributed by atoms with E-state index in [1.165, 1.54) is 0 Å². The highest BCUT2D eigenvalue weighted by atomic mass is 16.4. The van der Waals surface area contributed by atoms with Crippen LogP contribution in [0.15, 0.2) is 0 Å². The van der Waals surface area contributed by atoms with E-state index in [1.807, 2.05) is 20.8 Å². The lowest BCUT2D eigenvalue weighted by Crippen LogP contribution is -2.54. The number of amides is 1. The third-order valence-corrected chi connectivity index (χ3v) is 4.51. The van der Waals surface area contributed by atoms with Gasteiger partial charge in [-0.3, -0.25) is 9.59 Å². The van der Waals surface area contributed by atoms with Gasteiger partial charge in [0.2, 0.25) is 5.91 Å². The van der Waals surface area contributed by atoms with Crippen LogP contribution in [0.5, 0.6) is 0 Å². The Morgan fingerprint density at radius 2 is 1.89 bits per heavy atom. The molecule has 0 saturated carbocycles. The lowest BCUT2D eigenvalue weighted by Gasteiger charge is -2.31. The topological polar surface area (TPSA) is 83.6 Å². The Morgan fingerprint density at radius 3 is 2.32 bits per heavy atom. The second-order valence-corrected chi connectivity index (χ2v) is 5.68. The number of aliphatic carboxylic acids is 1. The van der Waals surface area contributed by atoms with Crippen molar-refractivity contribution in [2.75, 3.05) is 13.1 Å². The summed E-state index contributed by atoms with van der Waals surface area (Å²) < 4.78 is 0. The van der Waals surface area contributed by atoms with Crippen molar-refractivity contribution >= 4 is 11.9 Å². The molecule has 1 fully saturated rings. The van der Waals surface area contributed by atoms with Crippen molar-refractivity contribution < 1.29 is 14.7 Å². The van der Waals surface area contributed by atoms with Crippen LogP contribution >= 0.6 is 0 Å². The van der Waals surface area contributed by atoms with Crippen LogP contribution in [0.1, 0.15) is 52.9 Å². The molecule has 0 aromatic rings. The van der Waals surface area contributed by atoms with E-state index < -0.39 is 16.9 Å². The van der Waals surface area contributed by atoms with Crippen molar-refractivity contribution in [2.45, 2.75) is 58.4 Å². The van der Waals surface area contributed by atoms with E-state index in [-0.39, 0.29) is 5.91 Å². The van der Waals surface area contributed by atoms with Crippen LogP contribution in [0.2, 0.25) is 0 Å². The fraction of sp³-hybridized carbons (Fsp3) is 0.857. The van der Waals surface area contributed by atoms with E-state index in [1.54, 1.807) is 4.90 Å². The molecule has 1 amide bonds.